The van der Waals surface area contributed by atoms with E-state index < -0.39 is 0 Å². The van der Waals surface area contributed by atoms with Gasteiger partial charge in [0.25, 0.3) is 5.56 Å². The third-order valence-corrected chi connectivity index (χ3v) is 6.12. The van der Waals surface area contributed by atoms with Gasteiger partial charge in [0.2, 0.25) is 5.88 Å². The molecule has 2 heterocycles. The summed E-state index contributed by atoms with van der Waals surface area (Å²) in [5.41, 5.74) is 2.62. The summed E-state index contributed by atoms with van der Waals surface area (Å²) < 4.78 is 12.4. The first-order valence-corrected chi connectivity index (χ1v) is 10.7. The van der Waals surface area contributed by atoms with Crippen LogP contribution in [0.4, 0.5) is 0 Å². The molecule has 0 radical (unpaired) electrons. The molecule has 1 N–H and O–H groups in total. The van der Waals surface area contributed by atoms with Gasteiger partial charge in [-0.05, 0) is 37.8 Å². The lowest BCUT2D eigenvalue weighted by molar-refractivity contribution is 0.369. The highest BCUT2D eigenvalue weighted by atomic mass is 32.2. The number of aromatic hydroxyl groups is 1. The second-order valence-electron chi connectivity index (χ2n) is 6.89. The first kappa shape index (κ1) is 19.6. The maximum absolute atomic E-state index is 13.2. The van der Waals surface area contributed by atoms with Crippen molar-refractivity contribution < 1.29 is 14.4 Å². The topological polar surface area (TPSA) is 90.4 Å². The van der Waals surface area contributed by atoms with Crippen molar-refractivity contribution in [3.8, 4) is 17.3 Å². The van der Waals surface area contributed by atoms with Crippen molar-refractivity contribution in [2.24, 2.45) is 0 Å². The number of hydrogen-bond acceptors (Lipinski definition) is 7. The van der Waals surface area contributed by atoms with Crippen LogP contribution in [0.3, 0.4) is 0 Å². The fraction of sp³-hybridized carbons (Fsp3) is 0.381. The number of para-hydroxylation sites is 2. The van der Waals surface area contributed by atoms with Gasteiger partial charge in [-0.3, -0.25) is 9.36 Å². The van der Waals surface area contributed by atoms with Gasteiger partial charge < -0.3 is 14.4 Å². The summed E-state index contributed by atoms with van der Waals surface area (Å²) in [6.45, 7) is 1.82. The molecular weight excluding hydrogens is 390 g/mol. The van der Waals surface area contributed by atoms with E-state index in [2.05, 4.69) is 10.1 Å². The molecule has 4 rings (SSSR count). The summed E-state index contributed by atoms with van der Waals surface area (Å²) in [5.74, 6) is 1.80. The number of fused-ring (bicyclic) bond motifs is 1. The highest BCUT2D eigenvalue weighted by molar-refractivity contribution is 7.98. The largest absolute Gasteiger partial charge is 0.495 e. The molecule has 0 fully saturated rings. The Morgan fingerprint density at radius 1 is 1.28 bits per heavy atom. The van der Waals surface area contributed by atoms with E-state index in [1.807, 2.05) is 19.1 Å². The minimum absolute atomic E-state index is 0.228. The summed E-state index contributed by atoms with van der Waals surface area (Å²) in [5, 5.41) is 14.9. The number of rotatable bonds is 6. The molecule has 1 aromatic carbocycles. The number of aryl methyl sites for hydroxylation is 1. The Kier molecular flexibility index (Phi) is 5.62. The molecule has 0 saturated heterocycles. The number of hydrogen-bond donors (Lipinski definition) is 1. The molecule has 1 aliphatic rings. The summed E-state index contributed by atoms with van der Waals surface area (Å²) in [6.07, 6.45) is 4.51. The highest BCUT2D eigenvalue weighted by Crippen LogP contribution is 2.32. The monoisotopic (exact) mass is 413 g/mol. The minimum Gasteiger partial charge on any atom is -0.495 e. The van der Waals surface area contributed by atoms with Gasteiger partial charge in [-0.15, -0.1) is 0 Å². The predicted molar refractivity (Wildman–Crippen MR) is 110 cm³/mol. The Bertz CT molecular complexity index is 1090. The Labute approximate surface area is 172 Å². The van der Waals surface area contributed by atoms with Gasteiger partial charge in [0, 0.05) is 17.7 Å². The third-order valence-electron chi connectivity index (χ3n) is 5.17. The first-order valence-electron chi connectivity index (χ1n) is 9.71. The maximum atomic E-state index is 13.2. The van der Waals surface area contributed by atoms with Gasteiger partial charge in [0.05, 0.1) is 24.1 Å². The smallest absolute Gasteiger partial charge is 0.265 e. The second kappa shape index (κ2) is 8.32. The average Bonchev–Trinajstić information content (AvgIpc) is 3.15. The molecule has 7 nitrogen and oxygen atoms in total. The SMILES string of the molecule is CCc1c(O)nc(SCc2noc3c2CCCC3)n(-c2ccccc2OC)c1=O. The third kappa shape index (κ3) is 3.64. The average molecular weight is 413 g/mol. The Balaban J connectivity index is 1.76. The Hall–Kier alpha value is -2.74. The quantitative estimate of drug-likeness (QED) is 0.487. The molecule has 2 aromatic heterocycles. The molecule has 1 aliphatic carbocycles. The van der Waals surface area contributed by atoms with Crippen LogP contribution in [0, 0.1) is 0 Å². The van der Waals surface area contributed by atoms with Gasteiger partial charge in [-0.25, -0.2) is 0 Å². The van der Waals surface area contributed by atoms with Crippen LogP contribution >= 0.6 is 11.8 Å². The molecule has 0 spiro atoms. The molecule has 0 atom stereocenters. The first-order chi connectivity index (χ1) is 14.1. The lowest BCUT2D eigenvalue weighted by atomic mass is 9.97. The van der Waals surface area contributed by atoms with Crippen molar-refractivity contribution in [1.82, 2.24) is 14.7 Å². The van der Waals surface area contributed by atoms with Crippen LogP contribution in [-0.2, 0) is 25.0 Å². The Morgan fingerprint density at radius 3 is 2.86 bits per heavy atom. The van der Waals surface area contributed by atoms with Crippen molar-refractivity contribution in [3.05, 3.63) is 57.2 Å². The van der Waals surface area contributed by atoms with Gasteiger partial charge in [-0.1, -0.05) is 36.0 Å². The fourth-order valence-corrected chi connectivity index (χ4v) is 4.61. The lowest BCUT2D eigenvalue weighted by Crippen LogP contribution is -2.25. The predicted octanol–water partition coefficient (Wildman–Crippen LogP) is 3.67. The van der Waals surface area contributed by atoms with E-state index in [1.165, 1.54) is 21.9 Å². The van der Waals surface area contributed by atoms with Gasteiger partial charge in [0.1, 0.15) is 11.5 Å². The minimum atomic E-state index is -0.297. The highest BCUT2D eigenvalue weighted by Gasteiger charge is 2.22. The number of thioether (sulfide) groups is 1. The van der Waals surface area contributed by atoms with Crippen molar-refractivity contribution in [3.63, 3.8) is 0 Å². The zero-order valence-electron chi connectivity index (χ0n) is 16.5. The number of aromatic nitrogens is 3. The number of nitrogens with zero attached hydrogens (tertiary/aromatic N) is 3. The van der Waals surface area contributed by atoms with Crippen LogP contribution in [0.2, 0.25) is 0 Å². The van der Waals surface area contributed by atoms with E-state index >= 15 is 0 Å². The van der Waals surface area contributed by atoms with E-state index in [9.17, 15) is 9.90 Å². The summed E-state index contributed by atoms with van der Waals surface area (Å²) in [6, 6.07) is 7.28. The van der Waals surface area contributed by atoms with Crippen LogP contribution in [0.5, 0.6) is 11.6 Å². The van der Waals surface area contributed by atoms with Crippen molar-refractivity contribution in [2.45, 2.75) is 49.9 Å². The van der Waals surface area contributed by atoms with E-state index in [1.54, 1.807) is 19.2 Å². The molecule has 8 heteroatoms. The van der Waals surface area contributed by atoms with Crippen LogP contribution < -0.4 is 10.3 Å². The van der Waals surface area contributed by atoms with Crippen molar-refractivity contribution in [1.29, 1.82) is 0 Å². The van der Waals surface area contributed by atoms with Crippen LogP contribution in [0.1, 0.15) is 42.3 Å². The second-order valence-corrected chi connectivity index (χ2v) is 7.83. The zero-order chi connectivity index (χ0) is 20.4. The molecule has 0 saturated carbocycles. The van der Waals surface area contributed by atoms with Crippen molar-refractivity contribution >= 4 is 11.8 Å². The van der Waals surface area contributed by atoms with Crippen molar-refractivity contribution in [2.75, 3.05) is 7.11 Å². The lowest BCUT2D eigenvalue weighted by Gasteiger charge is -2.16. The molecule has 0 aliphatic heterocycles. The molecule has 0 bridgehead atoms. The fourth-order valence-electron chi connectivity index (χ4n) is 3.65. The van der Waals surface area contributed by atoms with Crippen LogP contribution in [0.15, 0.2) is 38.7 Å². The maximum Gasteiger partial charge on any atom is 0.265 e. The van der Waals surface area contributed by atoms with Crippen LogP contribution in [0.25, 0.3) is 5.69 Å². The standard InChI is InChI=1S/C21H23N3O4S/c1-3-13-19(25)22-21(24(20(13)26)16-9-5-7-11-18(16)27-2)29-12-15-14-8-4-6-10-17(14)28-23-15/h5,7,9,11,25H,3-4,6,8,10,12H2,1-2H3. The normalized spacial score (nSPS) is 13.3. The van der Waals surface area contributed by atoms with E-state index in [0.717, 1.165) is 37.1 Å². The number of methoxy groups -OCH3 is 1. The summed E-state index contributed by atoms with van der Waals surface area (Å²) in [7, 11) is 1.56. The van der Waals surface area contributed by atoms with E-state index in [-0.39, 0.29) is 17.0 Å². The summed E-state index contributed by atoms with van der Waals surface area (Å²) >= 11 is 1.35. The molecule has 0 unspecified atom stereocenters. The molecular formula is C21H23N3O4S. The zero-order valence-corrected chi connectivity index (χ0v) is 17.3. The van der Waals surface area contributed by atoms with Gasteiger partial charge in [-0.2, -0.15) is 4.98 Å². The van der Waals surface area contributed by atoms with Gasteiger partial charge in [0.15, 0.2) is 5.16 Å². The van der Waals surface area contributed by atoms with Gasteiger partial charge >= 0.3 is 0 Å². The van der Waals surface area contributed by atoms with E-state index in [4.69, 9.17) is 9.26 Å². The molecule has 152 valence electrons. The molecule has 29 heavy (non-hydrogen) atoms. The molecule has 0 amide bonds. The summed E-state index contributed by atoms with van der Waals surface area (Å²) in [4.78, 5) is 17.5. The number of ether oxygens (including phenoxy) is 1. The van der Waals surface area contributed by atoms with Crippen LogP contribution in [-0.4, -0.2) is 26.9 Å². The molecule has 3 aromatic rings. The van der Waals surface area contributed by atoms with E-state index in [0.29, 0.717) is 28.8 Å². The Morgan fingerprint density at radius 2 is 2.07 bits per heavy atom. The number of benzene rings is 1.